The topological polar surface area (TPSA) is 86.9 Å². The van der Waals surface area contributed by atoms with Gasteiger partial charge in [0.2, 0.25) is 0 Å². The number of hydrogen-bond acceptors (Lipinski definition) is 5. The number of furan rings is 1. The second-order valence-electron chi connectivity index (χ2n) is 8.27. The molecule has 0 unspecified atom stereocenters. The van der Waals surface area contributed by atoms with Crippen molar-refractivity contribution in [3.63, 3.8) is 0 Å². The van der Waals surface area contributed by atoms with Crippen molar-refractivity contribution in [2.45, 2.75) is 0 Å². The van der Waals surface area contributed by atoms with Crippen LogP contribution in [0.1, 0.15) is 21.7 Å². The van der Waals surface area contributed by atoms with Gasteiger partial charge in [0.1, 0.15) is 17.2 Å². The van der Waals surface area contributed by atoms with E-state index < -0.39 is 11.8 Å². The monoisotopic (exact) mass is 512 g/mol. The fourth-order valence-corrected chi connectivity index (χ4v) is 3.51. The average molecular weight is 513 g/mol. The first-order valence-corrected chi connectivity index (χ1v) is 11.8. The number of amides is 2. The third-order valence-electron chi connectivity index (χ3n) is 5.36. The summed E-state index contributed by atoms with van der Waals surface area (Å²) in [6.45, 7) is 0. The molecule has 0 aliphatic rings. The van der Waals surface area contributed by atoms with Crippen LogP contribution in [-0.4, -0.2) is 32.1 Å². The quantitative estimate of drug-likeness (QED) is 0.183. The summed E-state index contributed by atoms with van der Waals surface area (Å²) >= 11 is 5.94. The van der Waals surface area contributed by atoms with Crippen molar-refractivity contribution in [2.75, 3.05) is 19.0 Å². The van der Waals surface area contributed by atoms with E-state index in [2.05, 4.69) is 15.8 Å². The van der Waals surface area contributed by atoms with E-state index in [0.29, 0.717) is 22.1 Å². The second kappa shape index (κ2) is 11.9. The molecule has 2 amide bonds. The Balaban J connectivity index is 1.50. The molecular weight excluding hydrogens is 488 g/mol. The van der Waals surface area contributed by atoms with Gasteiger partial charge in [-0.3, -0.25) is 9.59 Å². The van der Waals surface area contributed by atoms with Crippen molar-refractivity contribution in [1.29, 1.82) is 0 Å². The number of nitrogens with zero attached hydrogens (tertiary/aromatic N) is 2. The van der Waals surface area contributed by atoms with Crippen LogP contribution in [0.2, 0.25) is 5.02 Å². The van der Waals surface area contributed by atoms with E-state index in [1.54, 1.807) is 54.6 Å². The summed E-state index contributed by atoms with van der Waals surface area (Å²) in [5.74, 6) is 0.0981. The third kappa shape index (κ3) is 6.96. The van der Waals surface area contributed by atoms with Crippen LogP contribution in [0.5, 0.6) is 0 Å². The molecule has 3 aromatic carbocycles. The number of anilines is 1. The molecule has 7 nitrogen and oxygen atoms in total. The zero-order valence-electron chi connectivity index (χ0n) is 20.3. The number of hydrogen-bond donors (Lipinski definition) is 2. The number of rotatable bonds is 8. The van der Waals surface area contributed by atoms with Gasteiger partial charge in [-0.1, -0.05) is 41.9 Å². The summed E-state index contributed by atoms with van der Waals surface area (Å²) in [6, 6.07) is 27.0. The maximum absolute atomic E-state index is 13.0. The van der Waals surface area contributed by atoms with Gasteiger partial charge in [0.15, 0.2) is 0 Å². The lowest BCUT2D eigenvalue weighted by molar-refractivity contribution is -0.117. The molecule has 8 heteroatoms. The molecule has 0 spiro atoms. The lowest BCUT2D eigenvalue weighted by Crippen LogP contribution is -2.32. The SMILES string of the molecule is CN(C)c1ccc(C=C(NC(=O)c2ccccc2)C(=O)NN=Cc2ccc(-c3ccc(Cl)cc3)o2)cc1. The van der Waals surface area contributed by atoms with Crippen LogP contribution in [-0.2, 0) is 4.79 Å². The summed E-state index contributed by atoms with van der Waals surface area (Å²) in [7, 11) is 3.89. The first-order chi connectivity index (χ1) is 17.9. The summed E-state index contributed by atoms with van der Waals surface area (Å²) in [5.41, 5.74) is 5.55. The molecule has 186 valence electrons. The van der Waals surface area contributed by atoms with Crippen LogP contribution >= 0.6 is 11.6 Å². The molecule has 2 N–H and O–H groups in total. The van der Waals surface area contributed by atoms with E-state index >= 15 is 0 Å². The maximum atomic E-state index is 13.0. The first-order valence-electron chi connectivity index (χ1n) is 11.4. The van der Waals surface area contributed by atoms with Crippen LogP contribution in [0.25, 0.3) is 17.4 Å². The number of benzene rings is 3. The molecule has 0 atom stereocenters. The average Bonchev–Trinajstić information content (AvgIpc) is 3.38. The summed E-state index contributed by atoms with van der Waals surface area (Å²) in [6.07, 6.45) is 2.98. The Kier molecular flexibility index (Phi) is 8.18. The van der Waals surface area contributed by atoms with Gasteiger partial charge in [0.05, 0.1) is 6.21 Å². The van der Waals surface area contributed by atoms with Gasteiger partial charge in [0.25, 0.3) is 11.8 Å². The minimum atomic E-state index is -0.582. The van der Waals surface area contributed by atoms with E-state index in [0.717, 1.165) is 16.8 Å². The van der Waals surface area contributed by atoms with Crippen molar-refractivity contribution >= 4 is 41.4 Å². The predicted octanol–water partition coefficient (Wildman–Crippen LogP) is 5.59. The van der Waals surface area contributed by atoms with Crippen molar-refractivity contribution in [3.05, 3.63) is 119 Å². The van der Waals surface area contributed by atoms with E-state index in [4.69, 9.17) is 16.0 Å². The van der Waals surface area contributed by atoms with Crippen molar-refractivity contribution < 1.29 is 14.0 Å². The van der Waals surface area contributed by atoms with Crippen molar-refractivity contribution in [3.8, 4) is 11.3 Å². The minimum absolute atomic E-state index is 0.0462. The van der Waals surface area contributed by atoms with Gasteiger partial charge >= 0.3 is 0 Å². The molecule has 0 saturated carbocycles. The number of nitrogens with one attached hydrogen (secondary N) is 2. The highest BCUT2D eigenvalue weighted by molar-refractivity contribution is 6.30. The highest BCUT2D eigenvalue weighted by Gasteiger charge is 2.14. The number of carbonyl (C=O) groups is 2. The Bertz CT molecular complexity index is 1420. The number of hydrazone groups is 1. The Labute approximate surface area is 220 Å². The lowest BCUT2D eigenvalue weighted by Gasteiger charge is -2.12. The molecule has 1 heterocycles. The Morgan fingerprint density at radius 1 is 0.892 bits per heavy atom. The Morgan fingerprint density at radius 3 is 2.27 bits per heavy atom. The smallest absolute Gasteiger partial charge is 0.287 e. The highest BCUT2D eigenvalue weighted by Crippen LogP contribution is 2.23. The lowest BCUT2D eigenvalue weighted by atomic mass is 10.1. The fraction of sp³-hybridized carbons (Fsp3) is 0.0690. The Morgan fingerprint density at radius 2 is 1.59 bits per heavy atom. The number of halogens is 1. The first kappa shape index (κ1) is 25.5. The molecule has 0 aliphatic heterocycles. The normalized spacial score (nSPS) is 11.4. The fourth-order valence-electron chi connectivity index (χ4n) is 3.38. The van der Waals surface area contributed by atoms with E-state index in [1.807, 2.05) is 61.5 Å². The minimum Gasteiger partial charge on any atom is -0.455 e. The molecule has 0 aliphatic carbocycles. The van der Waals surface area contributed by atoms with Crippen LogP contribution in [0.4, 0.5) is 5.69 Å². The molecule has 37 heavy (non-hydrogen) atoms. The van der Waals surface area contributed by atoms with Crippen molar-refractivity contribution in [1.82, 2.24) is 10.7 Å². The third-order valence-corrected chi connectivity index (χ3v) is 5.61. The largest absolute Gasteiger partial charge is 0.455 e. The molecule has 4 aromatic rings. The van der Waals surface area contributed by atoms with Gasteiger partial charge in [-0.05, 0) is 72.3 Å². The summed E-state index contributed by atoms with van der Waals surface area (Å²) in [5, 5.41) is 7.33. The Hall–Kier alpha value is -4.62. The maximum Gasteiger partial charge on any atom is 0.287 e. The number of carbonyl (C=O) groups excluding carboxylic acids is 2. The van der Waals surface area contributed by atoms with Crippen LogP contribution in [0.15, 0.2) is 106 Å². The predicted molar refractivity (Wildman–Crippen MR) is 148 cm³/mol. The van der Waals surface area contributed by atoms with E-state index in [1.165, 1.54) is 6.21 Å². The van der Waals surface area contributed by atoms with Crippen LogP contribution < -0.4 is 15.6 Å². The molecule has 0 fully saturated rings. The summed E-state index contributed by atoms with van der Waals surface area (Å²) in [4.78, 5) is 27.7. The molecule has 0 saturated heterocycles. The van der Waals surface area contributed by atoms with Gasteiger partial charge in [-0.25, -0.2) is 5.43 Å². The second-order valence-corrected chi connectivity index (χ2v) is 8.71. The molecule has 0 bridgehead atoms. The highest BCUT2D eigenvalue weighted by atomic mass is 35.5. The van der Waals surface area contributed by atoms with Gasteiger partial charge < -0.3 is 14.6 Å². The van der Waals surface area contributed by atoms with Gasteiger partial charge in [-0.2, -0.15) is 5.10 Å². The van der Waals surface area contributed by atoms with Gasteiger partial charge in [-0.15, -0.1) is 0 Å². The van der Waals surface area contributed by atoms with Crippen molar-refractivity contribution in [2.24, 2.45) is 5.10 Å². The zero-order chi connectivity index (χ0) is 26.2. The molecule has 0 radical (unpaired) electrons. The molecule has 4 rings (SSSR count). The summed E-state index contributed by atoms with van der Waals surface area (Å²) < 4.78 is 5.77. The van der Waals surface area contributed by atoms with Gasteiger partial charge in [0, 0.05) is 35.9 Å². The zero-order valence-corrected chi connectivity index (χ0v) is 21.1. The molecular formula is C29H25ClN4O3. The van der Waals surface area contributed by atoms with Crippen LogP contribution in [0.3, 0.4) is 0 Å². The van der Waals surface area contributed by atoms with E-state index in [-0.39, 0.29) is 5.70 Å². The van der Waals surface area contributed by atoms with E-state index in [9.17, 15) is 9.59 Å². The standard InChI is InChI=1S/C29H25ClN4O3/c1-34(2)24-14-8-20(9-15-24)18-26(32-28(35)22-6-4-3-5-7-22)29(36)33-31-19-25-16-17-27(37-25)21-10-12-23(30)13-11-21/h3-19H,1-2H3,(H,32,35)(H,33,36). The molecule has 1 aromatic heterocycles. The van der Waals surface area contributed by atoms with Crippen LogP contribution in [0, 0.1) is 0 Å².